The highest BCUT2D eigenvalue weighted by Gasteiger charge is 2.50. The average Bonchev–Trinajstić information content (AvgIpc) is 3.53. The van der Waals surface area contributed by atoms with Gasteiger partial charge >= 0.3 is 5.97 Å². The van der Waals surface area contributed by atoms with Crippen LogP contribution < -0.4 is 10.6 Å². The Labute approximate surface area is 295 Å². The minimum atomic E-state index is -1.55. The van der Waals surface area contributed by atoms with Crippen molar-refractivity contribution in [3.63, 3.8) is 0 Å². The molecular formula is C38H58N4O8. The van der Waals surface area contributed by atoms with Gasteiger partial charge in [0.25, 0.3) is 5.91 Å². The maximum absolute atomic E-state index is 13.6. The molecule has 0 unspecified atom stereocenters. The predicted molar refractivity (Wildman–Crippen MR) is 189 cm³/mol. The number of anilines is 1. The fourth-order valence-corrected chi connectivity index (χ4v) is 9.63. The lowest BCUT2D eigenvalue weighted by molar-refractivity contribution is -0.113. The number of aryl methyl sites for hydroxylation is 2. The predicted octanol–water partition coefficient (Wildman–Crippen LogP) is 3.68. The lowest BCUT2D eigenvalue weighted by Gasteiger charge is -2.57. The van der Waals surface area contributed by atoms with Gasteiger partial charge in [-0.2, -0.15) is 0 Å². The first-order valence-corrected chi connectivity index (χ1v) is 18.5. The van der Waals surface area contributed by atoms with Gasteiger partial charge < -0.3 is 46.3 Å². The summed E-state index contributed by atoms with van der Waals surface area (Å²) >= 11 is 0. The van der Waals surface area contributed by atoms with E-state index >= 15 is 0 Å². The minimum absolute atomic E-state index is 0.0213. The number of H-pyrrole nitrogens is 1. The molecule has 0 spiro atoms. The number of hydrogen-bond acceptors (Lipinski definition) is 9. The van der Waals surface area contributed by atoms with Gasteiger partial charge in [0.15, 0.2) is 0 Å². The van der Waals surface area contributed by atoms with Crippen molar-refractivity contribution >= 4 is 17.6 Å². The highest BCUT2D eigenvalue weighted by atomic mass is 16.4. The van der Waals surface area contributed by atoms with Crippen LogP contribution in [0.5, 0.6) is 0 Å². The number of hydrogen-bond donors (Lipinski definition) is 9. The number of amides is 1. The number of aliphatic hydroxyl groups excluding tert-OH is 5. The van der Waals surface area contributed by atoms with Crippen LogP contribution in [0.4, 0.5) is 5.69 Å². The number of benzene rings is 1. The molecule has 5 fully saturated rings. The van der Waals surface area contributed by atoms with E-state index in [-0.39, 0.29) is 23.4 Å². The molecule has 5 aliphatic carbocycles. The summed E-state index contributed by atoms with van der Waals surface area (Å²) < 4.78 is 0. The van der Waals surface area contributed by atoms with Crippen molar-refractivity contribution in [2.75, 3.05) is 25.5 Å². The van der Waals surface area contributed by atoms with E-state index in [0.29, 0.717) is 22.4 Å². The van der Waals surface area contributed by atoms with Gasteiger partial charge in [-0.3, -0.25) is 4.79 Å². The molecule has 0 radical (unpaired) electrons. The number of carboxylic acid groups (broad SMARTS) is 1. The van der Waals surface area contributed by atoms with Crippen LogP contribution in [0, 0.1) is 30.1 Å². The topological polar surface area (TPSA) is 208 Å². The molecule has 50 heavy (non-hydrogen) atoms. The van der Waals surface area contributed by atoms with E-state index in [1.165, 1.54) is 57.8 Å². The number of aromatic nitrogens is 2. The number of aromatic carboxylic acids is 1. The van der Waals surface area contributed by atoms with Crippen LogP contribution in [-0.4, -0.2) is 97.1 Å². The fraction of sp³-hybridized carbons (Fsp3) is 0.711. The lowest BCUT2D eigenvalue weighted by Crippen LogP contribution is -2.48. The zero-order valence-corrected chi connectivity index (χ0v) is 29.8. The third-order valence-corrected chi connectivity index (χ3v) is 12.1. The maximum Gasteiger partial charge on any atom is 0.336 e. The van der Waals surface area contributed by atoms with Crippen LogP contribution in [0.2, 0.25) is 0 Å². The molecule has 0 saturated heterocycles. The number of carbonyl (C=O) groups is 2. The number of imidazole rings is 1. The van der Waals surface area contributed by atoms with Crippen LogP contribution in [-0.2, 0) is 11.8 Å². The van der Waals surface area contributed by atoms with Crippen molar-refractivity contribution in [3.05, 3.63) is 46.5 Å². The standard InChI is InChI=1S/C31H41N3O3.C7H17NO5/c1-19-6-7-23(15-24(19)28(36)37)32-27(35)26-25(33-29(34-26)30(2)9-4-3-5-10-30)8-11-31-16-20-12-21(17-31)14-22(13-20)18-31;1-8-2-4(10)6(12)7(13)5(11)3-9/h6-7,15,20-22H,3-5,8-14,16-18H2,1-2H3,(H,32,35)(H,33,34)(H,36,37);4-13H,2-3H2,1H3/t;4-,5+,6+,7+/m.0/s1. The molecule has 7 rings (SSSR count). The second-order valence-electron chi connectivity index (χ2n) is 16.1. The van der Waals surface area contributed by atoms with Gasteiger partial charge in [0.05, 0.1) is 18.3 Å². The van der Waals surface area contributed by atoms with Gasteiger partial charge in [-0.15, -0.1) is 0 Å². The van der Waals surface area contributed by atoms with Crippen molar-refractivity contribution in [3.8, 4) is 0 Å². The summed E-state index contributed by atoms with van der Waals surface area (Å²) in [6.07, 6.45) is 10.6. The summed E-state index contributed by atoms with van der Waals surface area (Å²) in [5.41, 5.74) is 3.24. The molecule has 5 aliphatic rings. The van der Waals surface area contributed by atoms with E-state index in [4.69, 9.17) is 25.4 Å². The zero-order chi connectivity index (χ0) is 36.2. The second-order valence-corrected chi connectivity index (χ2v) is 16.1. The minimum Gasteiger partial charge on any atom is -0.478 e. The van der Waals surface area contributed by atoms with Gasteiger partial charge in [-0.05, 0) is 119 Å². The second kappa shape index (κ2) is 16.2. The summed E-state index contributed by atoms with van der Waals surface area (Å²) in [5.74, 6) is 2.46. The van der Waals surface area contributed by atoms with Gasteiger partial charge in [0, 0.05) is 23.3 Å². The van der Waals surface area contributed by atoms with Crippen LogP contribution in [0.25, 0.3) is 0 Å². The Hall–Kier alpha value is -2.87. The lowest BCUT2D eigenvalue weighted by atomic mass is 9.48. The molecule has 1 aromatic heterocycles. The Morgan fingerprint density at radius 3 is 2.12 bits per heavy atom. The number of aromatic amines is 1. The average molecular weight is 699 g/mol. The van der Waals surface area contributed by atoms with Gasteiger partial charge in [-0.25, -0.2) is 9.78 Å². The molecule has 1 aromatic carbocycles. The normalized spacial score (nSPS) is 27.5. The van der Waals surface area contributed by atoms with Crippen LogP contribution in [0.1, 0.15) is 122 Å². The third-order valence-electron chi connectivity index (χ3n) is 12.1. The molecule has 1 heterocycles. The first-order valence-electron chi connectivity index (χ1n) is 18.5. The first-order chi connectivity index (χ1) is 23.8. The highest BCUT2D eigenvalue weighted by molar-refractivity contribution is 6.04. The smallest absolute Gasteiger partial charge is 0.336 e. The third kappa shape index (κ3) is 8.77. The van der Waals surface area contributed by atoms with E-state index in [1.807, 2.05) is 0 Å². The zero-order valence-electron chi connectivity index (χ0n) is 29.8. The van der Waals surface area contributed by atoms with E-state index in [1.54, 1.807) is 32.2 Å². The monoisotopic (exact) mass is 698 g/mol. The van der Waals surface area contributed by atoms with E-state index < -0.39 is 37.0 Å². The summed E-state index contributed by atoms with van der Waals surface area (Å²) in [6.45, 7) is 3.48. The van der Waals surface area contributed by atoms with Gasteiger partial charge in [0.2, 0.25) is 0 Å². The summed E-state index contributed by atoms with van der Waals surface area (Å²) in [7, 11) is 1.57. The fourth-order valence-electron chi connectivity index (χ4n) is 9.63. The number of likely N-dealkylation sites (N-methyl/N-ethyl adjacent to an activating group) is 1. The summed E-state index contributed by atoms with van der Waals surface area (Å²) in [6, 6.07) is 5.05. The van der Waals surface area contributed by atoms with Crippen LogP contribution in [0.3, 0.4) is 0 Å². The molecule has 4 atom stereocenters. The Bertz CT molecular complexity index is 1440. The largest absolute Gasteiger partial charge is 0.478 e. The Morgan fingerprint density at radius 1 is 0.960 bits per heavy atom. The van der Waals surface area contributed by atoms with E-state index in [2.05, 4.69) is 22.5 Å². The molecule has 0 aliphatic heterocycles. The molecule has 278 valence electrons. The van der Waals surface area contributed by atoms with E-state index in [9.17, 15) is 19.8 Å². The van der Waals surface area contributed by atoms with E-state index in [0.717, 1.165) is 55.0 Å². The van der Waals surface area contributed by atoms with Crippen molar-refractivity contribution in [1.29, 1.82) is 0 Å². The molecule has 12 nitrogen and oxygen atoms in total. The van der Waals surface area contributed by atoms with Gasteiger partial charge in [0.1, 0.15) is 29.8 Å². The Morgan fingerprint density at radius 2 is 1.56 bits per heavy atom. The number of rotatable bonds is 13. The number of carboxylic acids is 1. The van der Waals surface area contributed by atoms with Gasteiger partial charge in [-0.1, -0.05) is 32.3 Å². The van der Waals surface area contributed by atoms with Crippen LogP contribution in [0.15, 0.2) is 18.2 Å². The van der Waals surface area contributed by atoms with Crippen molar-refractivity contribution in [2.24, 2.45) is 23.2 Å². The molecule has 4 bridgehead atoms. The molecule has 12 heteroatoms. The molecule has 5 saturated carbocycles. The first kappa shape index (κ1) is 38.4. The van der Waals surface area contributed by atoms with Crippen LogP contribution >= 0.6 is 0 Å². The number of carbonyl (C=O) groups excluding carboxylic acids is 1. The number of nitrogens with zero attached hydrogens (tertiary/aromatic N) is 1. The van der Waals surface area contributed by atoms with Crippen molar-refractivity contribution < 1.29 is 40.2 Å². The SMILES string of the molecule is CNC[C@H](O)[C@@H](O)[C@H](O)[C@H](O)CO.Cc1ccc(NC(=O)c2nc(C3(C)CCCCC3)[nH]c2CCC23CC4CC(CC(C4)C2)C3)cc1C(=O)O. The molecule has 9 N–H and O–H groups in total. The Kier molecular flexibility index (Phi) is 12.4. The summed E-state index contributed by atoms with van der Waals surface area (Å²) in [5, 5.41) is 60.0. The molecular weight excluding hydrogens is 640 g/mol. The summed E-state index contributed by atoms with van der Waals surface area (Å²) in [4.78, 5) is 33.8. The Balaban J connectivity index is 0.000000320. The quantitative estimate of drug-likeness (QED) is 0.148. The van der Waals surface area contributed by atoms with Crippen molar-refractivity contribution in [1.82, 2.24) is 15.3 Å². The molecule has 2 aromatic rings. The van der Waals surface area contributed by atoms with Crippen molar-refractivity contribution in [2.45, 2.75) is 127 Å². The number of aliphatic hydroxyl groups is 5. The molecule has 1 amide bonds. The number of nitrogens with one attached hydrogen (secondary N) is 3. The highest BCUT2D eigenvalue weighted by Crippen LogP contribution is 2.61. The maximum atomic E-state index is 13.6.